The highest BCUT2D eigenvalue weighted by Gasteiger charge is 2.34. The molecular formula is C13H15F2NO3. The van der Waals surface area contributed by atoms with E-state index in [1.54, 1.807) is 0 Å². The number of carbonyl (C=O) groups is 1. The monoisotopic (exact) mass is 271 g/mol. The summed E-state index contributed by atoms with van der Waals surface area (Å²) < 4.78 is 31.4. The van der Waals surface area contributed by atoms with Crippen LogP contribution in [0.2, 0.25) is 0 Å². The molecule has 1 amide bonds. The average Bonchev–Trinajstić information content (AvgIpc) is 2.39. The Morgan fingerprint density at radius 2 is 2.05 bits per heavy atom. The number of hydrogen-bond acceptors (Lipinski definition) is 3. The lowest BCUT2D eigenvalue weighted by molar-refractivity contribution is 0.0124. The summed E-state index contributed by atoms with van der Waals surface area (Å²) in [7, 11) is 0. The Kier molecular flexibility index (Phi) is 4.11. The van der Waals surface area contributed by atoms with Crippen molar-refractivity contribution in [3.8, 4) is 0 Å². The lowest BCUT2D eigenvalue weighted by Gasteiger charge is -2.36. The van der Waals surface area contributed by atoms with Gasteiger partial charge in [0.2, 0.25) is 0 Å². The fraction of sp³-hybridized carbons (Fsp3) is 0.462. The lowest BCUT2D eigenvalue weighted by atomic mass is 9.90. The highest BCUT2D eigenvalue weighted by atomic mass is 19.1. The minimum absolute atomic E-state index is 0.235. The van der Waals surface area contributed by atoms with Gasteiger partial charge in [-0.15, -0.1) is 0 Å². The maximum atomic E-state index is 13.5. The second-order valence-electron chi connectivity index (χ2n) is 4.63. The molecule has 0 atom stereocenters. The average molecular weight is 271 g/mol. The quantitative estimate of drug-likeness (QED) is 0.869. The number of carbonyl (C=O) groups excluding carboxylic acids is 1. The standard InChI is InChI=1S/C13H15F2NO3/c14-9-1-2-10(11(15)7-9)12(18)16-13(8-17)3-5-19-6-4-13/h1-2,7,17H,3-6,8H2,(H,16,18). The molecule has 1 aromatic carbocycles. The molecular weight excluding hydrogens is 256 g/mol. The zero-order valence-electron chi connectivity index (χ0n) is 10.3. The van der Waals surface area contributed by atoms with E-state index in [1.165, 1.54) is 0 Å². The molecule has 1 aliphatic rings. The van der Waals surface area contributed by atoms with Gasteiger partial charge in [0.05, 0.1) is 17.7 Å². The first kappa shape index (κ1) is 13.9. The first-order chi connectivity index (χ1) is 9.06. The van der Waals surface area contributed by atoms with Crippen LogP contribution >= 0.6 is 0 Å². The van der Waals surface area contributed by atoms with Gasteiger partial charge in [-0.25, -0.2) is 8.78 Å². The number of benzene rings is 1. The van der Waals surface area contributed by atoms with Gasteiger partial charge in [-0.1, -0.05) is 0 Å². The second kappa shape index (κ2) is 5.63. The van der Waals surface area contributed by atoms with E-state index >= 15 is 0 Å². The molecule has 2 N–H and O–H groups in total. The lowest BCUT2D eigenvalue weighted by Crippen LogP contribution is -2.54. The maximum absolute atomic E-state index is 13.5. The summed E-state index contributed by atoms with van der Waals surface area (Å²) in [6, 6.07) is 2.77. The molecule has 104 valence electrons. The van der Waals surface area contributed by atoms with E-state index in [0.29, 0.717) is 32.1 Å². The summed E-state index contributed by atoms with van der Waals surface area (Å²) in [5.41, 5.74) is -1.03. The predicted molar refractivity (Wildman–Crippen MR) is 63.7 cm³/mol. The van der Waals surface area contributed by atoms with E-state index in [2.05, 4.69) is 5.32 Å². The number of aliphatic hydroxyl groups is 1. The van der Waals surface area contributed by atoms with Gasteiger partial charge < -0.3 is 15.2 Å². The van der Waals surface area contributed by atoms with Crippen LogP contribution in [0.5, 0.6) is 0 Å². The number of aliphatic hydroxyl groups excluding tert-OH is 1. The molecule has 0 unspecified atom stereocenters. The highest BCUT2D eigenvalue weighted by molar-refractivity contribution is 5.95. The van der Waals surface area contributed by atoms with E-state index in [0.717, 1.165) is 12.1 Å². The van der Waals surface area contributed by atoms with E-state index in [4.69, 9.17) is 4.74 Å². The Hall–Kier alpha value is -1.53. The van der Waals surface area contributed by atoms with Crippen molar-refractivity contribution in [1.29, 1.82) is 0 Å². The first-order valence-corrected chi connectivity index (χ1v) is 6.02. The zero-order chi connectivity index (χ0) is 13.9. The molecule has 0 saturated carbocycles. The Morgan fingerprint density at radius 3 is 2.63 bits per heavy atom. The van der Waals surface area contributed by atoms with Gasteiger partial charge in [-0.05, 0) is 25.0 Å². The third kappa shape index (κ3) is 3.08. The van der Waals surface area contributed by atoms with Gasteiger partial charge in [0.15, 0.2) is 0 Å². The molecule has 0 aromatic heterocycles. The number of hydrogen-bond donors (Lipinski definition) is 2. The number of ether oxygens (including phenoxy) is 1. The molecule has 0 bridgehead atoms. The summed E-state index contributed by atoms with van der Waals surface area (Å²) in [5.74, 6) is -2.32. The molecule has 1 heterocycles. The van der Waals surface area contributed by atoms with Crippen molar-refractivity contribution >= 4 is 5.91 Å². The fourth-order valence-electron chi connectivity index (χ4n) is 2.07. The van der Waals surface area contributed by atoms with Gasteiger partial charge in [-0.3, -0.25) is 4.79 Å². The van der Waals surface area contributed by atoms with Crippen LogP contribution in [0.3, 0.4) is 0 Å². The molecule has 1 aromatic rings. The summed E-state index contributed by atoms with van der Waals surface area (Å²) in [4.78, 5) is 12.0. The molecule has 19 heavy (non-hydrogen) atoms. The largest absolute Gasteiger partial charge is 0.394 e. The first-order valence-electron chi connectivity index (χ1n) is 6.02. The van der Waals surface area contributed by atoms with Crippen LogP contribution in [-0.4, -0.2) is 36.4 Å². The summed E-state index contributed by atoms with van der Waals surface area (Å²) in [6.07, 6.45) is 0.913. The number of halogens is 2. The zero-order valence-corrected chi connectivity index (χ0v) is 10.3. The molecule has 4 nitrogen and oxygen atoms in total. The van der Waals surface area contributed by atoms with Crippen molar-refractivity contribution in [3.63, 3.8) is 0 Å². The van der Waals surface area contributed by atoms with Crippen LogP contribution in [-0.2, 0) is 4.74 Å². The molecule has 0 spiro atoms. The van der Waals surface area contributed by atoms with Gasteiger partial charge in [0.1, 0.15) is 11.6 Å². The molecule has 6 heteroatoms. The minimum Gasteiger partial charge on any atom is -0.394 e. The maximum Gasteiger partial charge on any atom is 0.254 e. The van der Waals surface area contributed by atoms with Crippen molar-refractivity contribution in [3.05, 3.63) is 35.4 Å². The van der Waals surface area contributed by atoms with Crippen LogP contribution in [0.1, 0.15) is 23.2 Å². The van der Waals surface area contributed by atoms with Crippen LogP contribution in [0.4, 0.5) is 8.78 Å². The summed E-state index contributed by atoms with van der Waals surface area (Å²) in [6.45, 7) is 0.602. The van der Waals surface area contributed by atoms with Gasteiger partial charge in [0.25, 0.3) is 5.91 Å². The molecule has 1 aliphatic heterocycles. The Bertz CT molecular complexity index is 473. The Labute approximate surface area is 109 Å². The Balaban J connectivity index is 2.15. The normalized spacial score (nSPS) is 18.1. The van der Waals surface area contributed by atoms with E-state index < -0.39 is 23.1 Å². The van der Waals surface area contributed by atoms with Crippen molar-refractivity contribution in [1.82, 2.24) is 5.32 Å². The third-order valence-electron chi connectivity index (χ3n) is 3.31. The molecule has 2 rings (SSSR count). The number of nitrogens with one attached hydrogen (secondary N) is 1. The Morgan fingerprint density at radius 1 is 1.37 bits per heavy atom. The molecule has 0 radical (unpaired) electrons. The third-order valence-corrected chi connectivity index (χ3v) is 3.31. The summed E-state index contributed by atoms with van der Waals surface area (Å²) in [5, 5.41) is 12.1. The van der Waals surface area contributed by atoms with E-state index in [-0.39, 0.29) is 12.2 Å². The van der Waals surface area contributed by atoms with Crippen molar-refractivity contribution in [2.45, 2.75) is 18.4 Å². The van der Waals surface area contributed by atoms with Gasteiger partial charge in [0, 0.05) is 19.3 Å². The predicted octanol–water partition coefficient (Wildman–Crippen LogP) is 1.24. The van der Waals surface area contributed by atoms with Gasteiger partial charge in [-0.2, -0.15) is 0 Å². The van der Waals surface area contributed by atoms with Crippen LogP contribution in [0.15, 0.2) is 18.2 Å². The van der Waals surface area contributed by atoms with Crippen molar-refractivity contribution in [2.75, 3.05) is 19.8 Å². The second-order valence-corrected chi connectivity index (χ2v) is 4.63. The smallest absolute Gasteiger partial charge is 0.254 e. The van der Waals surface area contributed by atoms with Crippen LogP contribution in [0, 0.1) is 11.6 Å². The molecule has 0 aliphatic carbocycles. The van der Waals surface area contributed by atoms with Crippen molar-refractivity contribution < 1.29 is 23.4 Å². The van der Waals surface area contributed by atoms with E-state index in [9.17, 15) is 18.7 Å². The van der Waals surface area contributed by atoms with Crippen LogP contribution in [0.25, 0.3) is 0 Å². The fourth-order valence-corrected chi connectivity index (χ4v) is 2.07. The van der Waals surface area contributed by atoms with E-state index in [1.807, 2.05) is 0 Å². The number of amides is 1. The molecule has 1 fully saturated rings. The number of rotatable bonds is 3. The van der Waals surface area contributed by atoms with Crippen molar-refractivity contribution in [2.24, 2.45) is 0 Å². The van der Waals surface area contributed by atoms with Gasteiger partial charge >= 0.3 is 0 Å². The minimum atomic E-state index is -0.919. The topological polar surface area (TPSA) is 58.6 Å². The highest BCUT2D eigenvalue weighted by Crippen LogP contribution is 2.21. The van der Waals surface area contributed by atoms with Crippen LogP contribution < -0.4 is 5.32 Å². The summed E-state index contributed by atoms with van der Waals surface area (Å²) >= 11 is 0. The molecule has 1 saturated heterocycles. The SMILES string of the molecule is O=C(NC1(CO)CCOCC1)c1ccc(F)cc1F.